The maximum absolute atomic E-state index is 12.9. The molecule has 1 fully saturated rings. The zero-order chi connectivity index (χ0) is 19.8. The molecule has 2 aromatic heterocycles. The van der Waals surface area contributed by atoms with Crippen LogP contribution in [0, 0.1) is 0 Å². The number of nitrogens with one attached hydrogen (secondary N) is 1. The van der Waals surface area contributed by atoms with Crippen LogP contribution in [0.5, 0.6) is 0 Å². The van der Waals surface area contributed by atoms with E-state index in [2.05, 4.69) is 9.88 Å². The number of hydrogen-bond donors (Lipinski definition) is 2. The van der Waals surface area contributed by atoms with E-state index in [4.69, 9.17) is 4.98 Å². The van der Waals surface area contributed by atoms with Crippen molar-refractivity contribution in [2.45, 2.75) is 63.6 Å². The van der Waals surface area contributed by atoms with E-state index in [9.17, 15) is 9.90 Å². The van der Waals surface area contributed by atoms with Crippen molar-refractivity contribution in [3.63, 3.8) is 0 Å². The van der Waals surface area contributed by atoms with Crippen molar-refractivity contribution in [1.82, 2.24) is 14.9 Å². The van der Waals surface area contributed by atoms with Crippen LogP contribution >= 0.6 is 11.3 Å². The molecule has 3 aromatic rings. The molecule has 0 bridgehead atoms. The third-order valence-corrected chi connectivity index (χ3v) is 7.32. The smallest absolute Gasteiger partial charge is 0.259 e. The lowest BCUT2D eigenvalue weighted by molar-refractivity contribution is 0.103. The number of rotatable bonds is 6. The summed E-state index contributed by atoms with van der Waals surface area (Å²) in [6.45, 7) is 1.12. The molecule has 2 aliphatic carbocycles. The highest BCUT2D eigenvalue weighted by molar-refractivity contribution is 7.18. The summed E-state index contributed by atoms with van der Waals surface area (Å²) in [7, 11) is 0. The molecule has 5 rings (SSSR count). The minimum atomic E-state index is -0.537. The van der Waals surface area contributed by atoms with Gasteiger partial charge in [0.1, 0.15) is 10.7 Å². The van der Waals surface area contributed by atoms with E-state index in [1.54, 1.807) is 11.3 Å². The van der Waals surface area contributed by atoms with Crippen LogP contribution in [0.15, 0.2) is 35.1 Å². The Kier molecular flexibility index (Phi) is 5.24. The Morgan fingerprint density at radius 3 is 2.76 bits per heavy atom. The van der Waals surface area contributed by atoms with E-state index < -0.39 is 6.10 Å². The zero-order valence-electron chi connectivity index (χ0n) is 16.6. The van der Waals surface area contributed by atoms with Crippen LogP contribution in [-0.2, 0) is 19.4 Å². The molecular formula is C23H27N3O2S. The molecule has 1 saturated carbocycles. The summed E-state index contributed by atoms with van der Waals surface area (Å²) >= 11 is 1.70. The van der Waals surface area contributed by atoms with E-state index >= 15 is 0 Å². The Balaban J connectivity index is 1.40. The molecule has 2 heterocycles. The number of H-pyrrole nitrogens is 1. The summed E-state index contributed by atoms with van der Waals surface area (Å²) in [5.41, 5.74) is 2.17. The average molecular weight is 410 g/mol. The molecule has 29 heavy (non-hydrogen) atoms. The van der Waals surface area contributed by atoms with Crippen molar-refractivity contribution < 1.29 is 5.11 Å². The molecule has 2 N–H and O–H groups in total. The summed E-state index contributed by atoms with van der Waals surface area (Å²) in [4.78, 5) is 25.3. The van der Waals surface area contributed by atoms with Crippen molar-refractivity contribution in [3.05, 3.63) is 62.5 Å². The third kappa shape index (κ3) is 4.02. The van der Waals surface area contributed by atoms with Crippen molar-refractivity contribution in [2.75, 3.05) is 6.54 Å². The SMILES string of the molecule is O=c1[nH]c(CN(CC(O)c2ccccc2)C2CC2)nc2sc3c(c12)CCCCC3. The first kappa shape index (κ1) is 19.0. The van der Waals surface area contributed by atoms with Gasteiger partial charge >= 0.3 is 0 Å². The maximum atomic E-state index is 12.9. The lowest BCUT2D eigenvalue weighted by Gasteiger charge is -2.24. The van der Waals surface area contributed by atoms with Gasteiger partial charge in [-0.2, -0.15) is 0 Å². The number of benzene rings is 1. The number of aliphatic hydroxyl groups excluding tert-OH is 1. The lowest BCUT2D eigenvalue weighted by Crippen LogP contribution is -2.32. The first-order chi connectivity index (χ1) is 14.2. The fourth-order valence-electron chi connectivity index (χ4n) is 4.44. The molecule has 1 unspecified atom stereocenters. The fraction of sp³-hybridized carbons (Fsp3) is 0.478. The highest BCUT2D eigenvalue weighted by Gasteiger charge is 2.31. The van der Waals surface area contributed by atoms with Gasteiger partial charge in [-0.15, -0.1) is 11.3 Å². The van der Waals surface area contributed by atoms with Gasteiger partial charge in [-0.25, -0.2) is 4.98 Å². The van der Waals surface area contributed by atoms with E-state index in [1.807, 2.05) is 30.3 Å². The summed E-state index contributed by atoms with van der Waals surface area (Å²) < 4.78 is 0. The molecular weight excluding hydrogens is 382 g/mol. The summed E-state index contributed by atoms with van der Waals surface area (Å²) in [5.74, 6) is 0.714. The van der Waals surface area contributed by atoms with E-state index in [1.165, 1.54) is 23.3 Å². The zero-order valence-corrected chi connectivity index (χ0v) is 17.4. The number of aliphatic hydroxyl groups is 1. The Hall–Kier alpha value is -2.02. The normalized spacial score (nSPS) is 18.0. The Bertz CT molecular complexity index is 1060. The molecule has 0 radical (unpaired) electrons. The second-order valence-corrected chi connectivity index (χ2v) is 9.43. The number of aromatic nitrogens is 2. The number of hydrogen-bond acceptors (Lipinski definition) is 5. The molecule has 152 valence electrons. The van der Waals surface area contributed by atoms with E-state index in [-0.39, 0.29) is 5.56 Å². The lowest BCUT2D eigenvalue weighted by atomic mass is 10.1. The monoisotopic (exact) mass is 409 g/mol. The van der Waals surface area contributed by atoms with Crippen LogP contribution in [0.2, 0.25) is 0 Å². The first-order valence-electron chi connectivity index (χ1n) is 10.7. The highest BCUT2D eigenvalue weighted by atomic mass is 32.1. The van der Waals surface area contributed by atoms with Gasteiger partial charge in [0, 0.05) is 17.5 Å². The molecule has 0 aliphatic heterocycles. The highest BCUT2D eigenvalue weighted by Crippen LogP contribution is 2.34. The Labute approximate surface area is 174 Å². The van der Waals surface area contributed by atoms with Gasteiger partial charge < -0.3 is 10.1 Å². The quantitative estimate of drug-likeness (QED) is 0.605. The van der Waals surface area contributed by atoms with Gasteiger partial charge in [0.15, 0.2) is 0 Å². The van der Waals surface area contributed by atoms with Crippen LogP contribution in [0.3, 0.4) is 0 Å². The summed E-state index contributed by atoms with van der Waals surface area (Å²) in [5, 5.41) is 11.5. The number of aromatic amines is 1. The number of aryl methyl sites for hydroxylation is 2. The topological polar surface area (TPSA) is 69.2 Å². The molecule has 1 aromatic carbocycles. The molecule has 0 saturated heterocycles. The second kappa shape index (κ2) is 8.01. The van der Waals surface area contributed by atoms with Crippen LogP contribution in [0.4, 0.5) is 0 Å². The number of fused-ring (bicyclic) bond motifs is 3. The molecule has 0 spiro atoms. The molecule has 6 heteroatoms. The van der Waals surface area contributed by atoms with E-state index in [0.717, 1.165) is 47.9 Å². The number of thiophene rings is 1. The van der Waals surface area contributed by atoms with Crippen molar-refractivity contribution in [3.8, 4) is 0 Å². The summed E-state index contributed by atoms with van der Waals surface area (Å²) in [6, 6.07) is 10.2. The summed E-state index contributed by atoms with van der Waals surface area (Å²) in [6.07, 6.45) is 7.42. The predicted octanol–water partition coefficient (Wildman–Crippen LogP) is 3.95. The third-order valence-electron chi connectivity index (χ3n) is 6.13. The van der Waals surface area contributed by atoms with Crippen LogP contribution < -0.4 is 5.56 Å². The van der Waals surface area contributed by atoms with Gasteiger partial charge in [0.25, 0.3) is 5.56 Å². The van der Waals surface area contributed by atoms with Gasteiger partial charge in [-0.05, 0) is 49.7 Å². The molecule has 5 nitrogen and oxygen atoms in total. The Morgan fingerprint density at radius 2 is 1.97 bits per heavy atom. The predicted molar refractivity (Wildman–Crippen MR) is 116 cm³/mol. The Morgan fingerprint density at radius 1 is 1.17 bits per heavy atom. The fourth-order valence-corrected chi connectivity index (χ4v) is 5.72. The maximum Gasteiger partial charge on any atom is 0.259 e. The van der Waals surface area contributed by atoms with Crippen molar-refractivity contribution in [2.24, 2.45) is 0 Å². The van der Waals surface area contributed by atoms with Gasteiger partial charge in [-0.1, -0.05) is 36.8 Å². The average Bonchev–Trinajstić information content (AvgIpc) is 3.53. The van der Waals surface area contributed by atoms with Gasteiger partial charge in [0.2, 0.25) is 0 Å². The number of nitrogens with zero attached hydrogens (tertiary/aromatic N) is 2. The van der Waals surface area contributed by atoms with E-state index in [0.29, 0.717) is 25.0 Å². The second-order valence-electron chi connectivity index (χ2n) is 8.34. The van der Waals surface area contributed by atoms with Crippen LogP contribution in [0.1, 0.15) is 60.0 Å². The molecule has 1 atom stereocenters. The largest absolute Gasteiger partial charge is 0.387 e. The van der Waals surface area contributed by atoms with Crippen molar-refractivity contribution >= 4 is 21.6 Å². The minimum Gasteiger partial charge on any atom is -0.387 e. The van der Waals surface area contributed by atoms with Crippen LogP contribution in [-0.4, -0.2) is 32.6 Å². The van der Waals surface area contributed by atoms with Crippen LogP contribution in [0.25, 0.3) is 10.2 Å². The minimum absolute atomic E-state index is 0.00348. The standard InChI is InChI=1S/C23H27N3O2S/c27-18(15-7-3-1-4-8-15)13-26(16-11-12-16)14-20-24-22(28)21-17-9-5-2-6-10-19(17)29-23(21)25-20/h1,3-4,7-8,16,18,27H,2,5-6,9-14H2,(H,24,25,28). The van der Waals surface area contributed by atoms with Crippen molar-refractivity contribution in [1.29, 1.82) is 0 Å². The van der Waals surface area contributed by atoms with Gasteiger partial charge in [0.05, 0.1) is 18.0 Å². The molecule has 0 amide bonds. The van der Waals surface area contributed by atoms with Gasteiger partial charge in [-0.3, -0.25) is 9.69 Å². The first-order valence-corrected chi connectivity index (χ1v) is 11.5. The molecule has 2 aliphatic rings.